The van der Waals surface area contributed by atoms with Crippen LogP contribution in [0.25, 0.3) is 16.9 Å². The highest BCUT2D eigenvalue weighted by molar-refractivity contribution is 5.99. The lowest BCUT2D eigenvalue weighted by molar-refractivity contribution is -0.116. The van der Waals surface area contributed by atoms with Gasteiger partial charge in [-0.05, 0) is 41.8 Å². The zero-order valence-electron chi connectivity index (χ0n) is 21.9. The van der Waals surface area contributed by atoms with Gasteiger partial charge in [0.1, 0.15) is 12.3 Å². The molecule has 7 nitrogen and oxygen atoms in total. The number of carbonyl (C=O) groups excluding carboxylic acids is 2. The molecule has 4 aromatic rings. The number of aromatic nitrogens is 2. The van der Waals surface area contributed by atoms with Crippen LogP contribution in [-0.4, -0.2) is 46.5 Å². The summed E-state index contributed by atoms with van der Waals surface area (Å²) in [7, 11) is 1.54. The number of rotatable bonds is 10. The van der Waals surface area contributed by atoms with Crippen LogP contribution in [-0.2, 0) is 4.79 Å². The minimum absolute atomic E-state index is 0.165. The number of ether oxygens (including phenoxy) is 1. The number of benzene rings is 3. The first kappa shape index (κ1) is 26.4. The lowest BCUT2D eigenvalue weighted by Crippen LogP contribution is -2.38. The molecule has 1 aromatic heterocycles. The number of nitrogens with zero attached hydrogens (tertiary/aromatic N) is 3. The van der Waals surface area contributed by atoms with Crippen molar-refractivity contribution in [2.75, 3.05) is 25.5 Å². The highest BCUT2D eigenvalue weighted by Crippen LogP contribution is 2.25. The molecule has 194 valence electrons. The predicted molar refractivity (Wildman–Crippen MR) is 151 cm³/mol. The van der Waals surface area contributed by atoms with E-state index in [1.165, 1.54) is 10.5 Å². The first-order valence-electron chi connectivity index (χ1n) is 12.5. The molecule has 0 aliphatic carbocycles. The molecule has 38 heavy (non-hydrogen) atoms. The van der Waals surface area contributed by atoms with Gasteiger partial charge in [0.05, 0.1) is 12.8 Å². The Morgan fingerprint density at radius 2 is 1.79 bits per heavy atom. The summed E-state index contributed by atoms with van der Waals surface area (Å²) in [5.41, 5.74) is 4.18. The second-order valence-corrected chi connectivity index (χ2v) is 9.19. The standard InChI is InChI=1S/C31H32N4O3/c1-5-18-34(30(37)25-12-9-13-27(19-25)38-4)21-29(36)33-31-32-28(24-10-7-6-8-11-24)20-35(31)26-16-14-23(15-17-26)22(2)3/h5-17,19-20,22H,1,18,21H2,2-4H3,(H,32,33,36). The van der Waals surface area contributed by atoms with Crippen LogP contribution in [0.1, 0.15) is 35.7 Å². The monoisotopic (exact) mass is 508 g/mol. The second-order valence-electron chi connectivity index (χ2n) is 9.19. The van der Waals surface area contributed by atoms with Gasteiger partial charge in [-0.1, -0.05) is 68.5 Å². The summed E-state index contributed by atoms with van der Waals surface area (Å²) >= 11 is 0. The van der Waals surface area contributed by atoms with Crippen LogP contribution in [0.2, 0.25) is 0 Å². The Morgan fingerprint density at radius 3 is 2.45 bits per heavy atom. The van der Waals surface area contributed by atoms with Gasteiger partial charge in [-0.25, -0.2) is 4.98 Å². The molecule has 3 aromatic carbocycles. The molecule has 0 saturated heterocycles. The molecule has 2 amide bonds. The van der Waals surface area contributed by atoms with Crippen LogP contribution in [0.5, 0.6) is 5.75 Å². The molecule has 0 aliphatic rings. The summed E-state index contributed by atoms with van der Waals surface area (Å²) in [6.07, 6.45) is 3.49. The van der Waals surface area contributed by atoms with Crippen molar-refractivity contribution in [1.82, 2.24) is 14.5 Å². The van der Waals surface area contributed by atoms with Crippen molar-refractivity contribution in [3.8, 4) is 22.7 Å². The Bertz CT molecular complexity index is 1410. The second kappa shape index (κ2) is 12.1. The summed E-state index contributed by atoms with van der Waals surface area (Å²) < 4.78 is 7.09. The van der Waals surface area contributed by atoms with Gasteiger partial charge < -0.3 is 9.64 Å². The molecule has 4 rings (SSSR count). The summed E-state index contributed by atoms with van der Waals surface area (Å²) in [4.78, 5) is 32.5. The summed E-state index contributed by atoms with van der Waals surface area (Å²) in [6.45, 7) is 8.08. The van der Waals surface area contributed by atoms with Crippen molar-refractivity contribution >= 4 is 17.8 Å². The summed E-state index contributed by atoms with van der Waals surface area (Å²) in [6, 6.07) is 24.8. The van der Waals surface area contributed by atoms with Gasteiger partial charge in [0.2, 0.25) is 11.9 Å². The number of hydrogen-bond donors (Lipinski definition) is 1. The number of amides is 2. The Kier molecular flexibility index (Phi) is 8.38. The quantitative estimate of drug-likeness (QED) is 0.269. The van der Waals surface area contributed by atoms with Crippen LogP contribution in [0.15, 0.2) is 97.7 Å². The number of hydrogen-bond acceptors (Lipinski definition) is 4. The molecule has 0 saturated carbocycles. The minimum Gasteiger partial charge on any atom is -0.497 e. The van der Waals surface area contributed by atoms with Crippen LogP contribution in [0.3, 0.4) is 0 Å². The van der Waals surface area contributed by atoms with Crippen molar-refractivity contribution in [2.45, 2.75) is 19.8 Å². The first-order chi connectivity index (χ1) is 18.4. The van der Waals surface area contributed by atoms with Crippen molar-refractivity contribution in [2.24, 2.45) is 0 Å². The molecule has 0 fully saturated rings. The van der Waals surface area contributed by atoms with Crippen LogP contribution in [0, 0.1) is 0 Å². The molecule has 0 radical (unpaired) electrons. The van der Waals surface area contributed by atoms with E-state index < -0.39 is 0 Å². The molecule has 1 N–H and O–H groups in total. The van der Waals surface area contributed by atoms with Gasteiger partial charge in [0, 0.05) is 29.6 Å². The zero-order chi connectivity index (χ0) is 27.1. The number of anilines is 1. The van der Waals surface area contributed by atoms with Gasteiger partial charge in [-0.3, -0.25) is 19.5 Å². The number of imidazole rings is 1. The summed E-state index contributed by atoms with van der Waals surface area (Å²) in [5, 5.41) is 2.91. The van der Waals surface area contributed by atoms with Gasteiger partial charge in [0.25, 0.3) is 5.91 Å². The SMILES string of the molecule is C=CCN(CC(=O)Nc1nc(-c2ccccc2)cn1-c1ccc(C(C)C)cc1)C(=O)c1cccc(OC)c1. The van der Waals surface area contributed by atoms with E-state index >= 15 is 0 Å². The van der Waals surface area contributed by atoms with E-state index in [1.54, 1.807) is 37.5 Å². The third kappa shape index (κ3) is 6.18. The molecule has 0 aliphatic heterocycles. The molecule has 0 atom stereocenters. The van der Waals surface area contributed by atoms with Crippen molar-refractivity contribution in [1.29, 1.82) is 0 Å². The van der Waals surface area contributed by atoms with Gasteiger partial charge in [-0.15, -0.1) is 6.58 Å². The Morgan fingerprint density at radius 1 is 1.05 bits per heavy atom. The Labute approximate surface area is 223 Å². The topological polar surface area (TPSA) is 76.5 Å². The molecular weight excluding hydrogens is 476 g/mol. The third-order valence-corrected chi connectivity index (χ3v) is 6.15. The lowest BCUT2D eigenvalue weighted by atomic mass is 10.0. The van der Waals surface area contributed by atoms with E-state index in [0.717, 1.165) is 16.9 Å². The third-order valence-electron chi connectivity index (χ3n) is 6.15. The van der Waals surface area contributed by atoms with E-state index in [-0.39, 0.29) is 24.9 Å². The maximum atomic E-state index is 13.2. The van der Waals surface area contributed by atoms with Crippen molar-refractivity contribution < 1.29 is 14.3 Å². The van der Waals surface area contributed by atoms with Gasteiger partial charge in [-0.2, -0.15) is 0 Å². The number of carbonyl (C=O) groups is 2. The fourth-order valence-corrected chi connectivity index (χ4v) is 4.08. The van der Waals surface area contributed by atoms with E-state index in [0.29, 0.717) is 23.2 Å². The van der Waals surface area contributed by atoms with Crippen LogP contribution < -0.4 is 10.1 Å². The first-order valence-corrected chi connectivity index (χ1v) is 12.5. The average molecular weight is 509 g/mol. The minimum atomic E-state index is -0.367. The van der Waals surface area contributed by atoms with E-state index in [2.05, 4.69) is 37.9 Å². The van der Waals surface area contributed by atoms with Gasteiger partial charge >= 0.3 is 0 Å². The number of methoxy groups -OCH3 is 1. The number of nitrogens with one attached hydrogen (secondary N) is 1. The Balaban J connectivity index is 1.61. The van der Waals surface area contributed by atoms with E-state index in [4.69, 9.17) is 9.72 Å². The largest absolute Gasteiger partial charge is 0.497 e. The smallest absolute Gasteiger partial charge is 0.254 e. The van der Waals surface area contributed by atoms with Crippen molar-refractivity contribution in [3.63, 3.8) is 0 Å². The Hall–Kier alpha value is -4.65. The fourth-order valence-electron chi connectivity index (χ4n) is 4.08. The highest BCUT2D eigenvalue weighted by Gasteiger charge is 2.20. The van der Waals surface area contributed by atoms with E-state index in [9.17, 15) is 9.59 Å². The van der Waals surface area contributed by atoms with Crippen LogP contribution in [0.4, 0.5) is 5.95 Å². The normalized spacial score (nSPS) is 10.7. The maximum Gasteiger partial charge on any atom is 0.254 e. The molecule has 7 heteroatoms. The molecule has 0 spiro atoms. The highest BCUT2D eigenvalue weighted by atomic mass is 16.5. The molecule has 1 heterocycles. The zero-order valence-corrected chi connectivity index (χ0v) is 21.9. The maximum absolute atomic E-state index is 13.2. The molecular formula is C31H32N4O3. The van der Waals surface area contributed by atoms with E-state index in [1.807, 2.05) is 53.2 Å². The van der Waals surface area contributed by atoms with Crippen LogP contribution >= 0.6 is 0 Å². The predicted octanol–water partition coefficient (Wildman–Crippen LogP) is 5.94. The summed E-state index contributed by atoms with van der Waals surface area (Å²) in [5.74, 6) is 0.685. The van der Waals surface area contributed by atoms with Crippen molar-refractivity contribution in [3.05, 3.63) is 109 Å². The fraction of sp³-hybridized carbons (Fsp3) is 0.194. The molecule has 0 bridgehead atoms. The molecule has 0 unspecified atom stereocenters. The van der Waals surface area contributed by atoms with Gasteiger partial charge in [0.15, 0.2) is 0 Å². The average Bonchev–Trinajstić information content (AvgIpc) is 3.36. The lowest BCUT2D eigenvalue weighted by Gasteiger charge is -2.21.